The van der Waals surface area contributed by atoms with E-state index in [1.54, 1.807) is 36.3 Å². The molecule has 23 heavy (non-hydrogen) atoms. The van der Waals surface area contributed by atoms with Gasteiger partial charge < -0.3 is 14.6 Å². The molecule has 2 amide bonds. The molecule has 3 rings (SSSR count). The van der Waals surface area contributed by atoms with Crippen LogP contribution in [0, 0.1) is 17.0 Å². The molecular formula is C16H17N3O4. The summed E-state index contributed by atoms with van der Waals surface area (Å²) in [6.45, 7) is 2.01. The van der Waals surface area contributed by atoms with Gasteiger partial charge in [-0.1, -0.05) is 6.07 Å². The molecule has 2 aromatic rings. The maximum atomic E-state index is 12.6. The van der Waals surface area contributed by atoms with Gasteiger partial charge in [-0.15, -0.1) is 0 Å². The van der Waals surface area contributed by atoms with E-state index in [0.29, 0.717) is 23.6 Å². The zero-order chi connectivity index (χ0) is 16.4. The lowest BCUT2D eigenvalue weighted by atomic mass is 10.1. The summed E-state index contributed by atoms with van der Waals surface area (Å²) >= 11 is 0. The molecule has 7 heteroatoms. The number of nitrogens with zero attached hydrogens (tertiary/aromatic N) is 2. The average Bonchev–Trinajstić information content (AvgIpc) is 3.22. The number of nitro benzene ring substituents is 1. The Hall–Kier alpha value is -2.83. The number of hydrogen-bond acceptors (Lipinski definition) is 4. The second-order valence-corrected chi connectivity index (χ2v) is 5.58. The predicted molar refractivity (Wildman–Crippen MR) is 84.1 cm³/mol. The number of carbonyl (C=O) groups is 1. The second kappa shape index (κ2) is 6.12. The van der Waals surface area contributed by atoms with Crippen molar-refractivity contribution in [3.8, 4) is 0 Å². The van der Waals surface area contributed by atoms with E-state index in [0.717, 1.165) is 12.8 Å². The first kappa shape index (κ1) is 15.1. The minimum atomic E-state index is -0.452. The van der Waals surface area contributed by atoms with Crippen LogP contribution in [0.1, 0.15) is 24.2 Å². The topological polar surface area (TPSA) is 88.6 Å². The van der Waals surface area contributed by atoms with E-state index in [-0.39, 0.29) is 17.8 Å². The van der Waals surface area contributed by atoms with Gasteiger partial charge in [-0.25, -0.2) is 4.79 Å². The average molecular weight is 315 g/mol. The molecule has 0 radical (unpaired) electrons. The first-order valence-corrected chi connectivity index (χ1v) is 7.40. The highest BCUT2D eigenvalue weighted by atomic mass is 16.6. The van der Waals surface area contributed by atoms with Crippen LogP contribution in [0.5, 0.6) is 0 Å². The summed E-state index contributed by atoms with van der Waals surface area (Å²) in [6, 6.07) is 8.18. The van der Waals surface area contributed by atoms with Gasteiger partial charge in [-0.3, -0.25) is 10.1 Å². The van der Waals surface area contributed by atoms with Crippen LogP contribution in [0.15, 0.2) is 41.0 Å². The molecule has 120 valence electrons. The number of rotatable bonds is 5. The zero-order valence-electron chi connectivity index (χ0n) is 12.7. The minimum absolute atomic E-state index is 0.00759. The van der Waals surface area contributed by atoms with Crippen LogP contribution < -0.4 is 5.32 Å². The maximum Gasteiger partial charge on any atom is 0.322 e. The van der Waals surface area contributed by atoms with E-state index in [9.17, 15) is 14.9 Å². The molecule has 1 aromatic carbocycles. The summed E-state index contributed by atoms with van der Waals surface area (Å²) in [5, 5.41) is 13.8. The quantitative estimate of drug-likeness (QED) is 0.673. The van der Waals surface area contributed by atoms with Gasteiger partial charge in [0, 0.05) is 12.1 Å². The van der Waals surface area contributed by atoms with E-state index >= 15 is 0 Å². The summed E-state index contributed by atoms with van der Waals surface area (Å²) in [4.78, 5) is 24.8. The number of carbonyl (C=O) groups excluding carboxylic acids is 1. The summed E-state index contributed by atoms with van der Waals surface area (Å²) in [5.74, 6) is 0.711. The summed E-state index contributed by atoms with van der Waals surface area (Å²) in [7, 11) is 0. The van der Waals surface area contributed by atoms with E-state index < -0.39 is 4.92 Å². The number of nitro groups is 1. The number of nitrogens with one attached hydrogen (secondary N) is 1. The van der Waals surface area contributed by atoms with Crippen LogP contribution in [-0.4, -0.2) is 21.9 Å². The van der Waals surface area contributed by atoms with Crippen molar-refractivity contribution in [1.82, 2.24) is 4.90 Å². The van der Waals surface area contributed by atoms with Crippen molar-refractivity contribution >= 4 is 17.4 Å². The summed E-state index contributed by atoms with van der Waals surface area (Å²) in [5.41, 5.74) is 0.890. The lowest BCUT2D eigenvalue weighted by Gasteiger charge is -2.22. The molecule has 1 aromatic heterocycles. The largest absolute Gasteiger partial charge is 0.467 e. The fourth-order valence-corrected chi connectivity index (χ4v) is 2.47. The number of anilines is 1. The fourth-order valence-electron chi connectivity index (χ4n) is 2.47. The third-order valence-corrected chi connectivity index (χ3v) is 3.90. The number of benzene rings is 1. The van der Waals surface area contributed by atoms with Gasteiger partial charge in [0.25, 0.3) is 5.69 Å². The van der Waals surface area contributed by atoms with Gasteiger partial charge >= 0.3 is 6.03 Å². The van der Waals surface area contributed by atoms with Crippen LogP contribution in [0.4, 0.5) is 16.2 Å². The normalized spacial score (nSPS) is 13.6. The monoisotopic (exact) mass is 315 g/mol. The molecular weight excluding hydrogens is 298 g/mol. The van der Waals surface area contributed by atoms with Crippen molar-refractivity contribution < 1.29 is 14.1 Å². The zero-order valence-corrected chi connectivity index (χ0v) is 12.7. The SMILES string of the molecule is Cc1c(NC(=O)N(Cc2ccco2)C2CC2)cccc1[N+](=O)[O-]. The van der Waals surface area contributed by atoms with Gasteiger partial charge in [-0.05, 0) is 38.0 Å². The Balaban J connectivity index is 1.77. The molecule has 0 aliphatic heterocycles. The van der Waals surface area contributed by atoms with Crippen molar-refractivity contribution in [2.45, 2.75) is 32.4 Å². The van der Waals surface area contributed by atoms with Crippen molar-refractivity contribution in [1.29, 1.82) is 0 Å². The highest BCUT2D eigenvalue weighted by Gasteiger charge is 2.33. The highest BCUT2D eigenvalue weighted by molar-refractivity contribution is 5.91. The van der Waals surface area contributed by atoms with Crippen LogP contribution in [0.2, 0.25) is 0 Å². The van der Waals surface area contributed by atoms with Crippen molar-refractivity contribution in [3.05, 3.63) is 58.0 Å². The van der Waals surface area contributed by atoms with E-state index in [4.69, 9.17) is 4.42 Å². The summed E-state index contributed by atoms with van der Waals surface area (Å²) in [6.07, 6.45) is 3.49. The van der Waals surface area contributed by atoms with Crippen LogP contribution >= 0.6 is 0 Å². The highest BCUT2D eigenvalue weighted by Crippen LogP contribution is 2.30. The van der Waals surface area contributed by atoms with Crippen LogP contribution in [0.3, 0.4) is 0 Å². The minimum Gasteiger partial charge on any atom is -0.467 e. The molecule has 1 saturated carbocycles. The van der Waals surface area contributed by atoms with Crippen molar-refractivity contribution in [2.24, 2.45) is 0 Å². The lowest BCUT2D eigenvalue weighted by molar-refractivity contribution is -0.385. The van der Waals surface area contributed by atoms with Gasteiger partial charge in [0.2, 0.25) is 0 Å². The number of hydrogen-bond donors (Lipinski definition) is 1. The summed E-state index contributed by atoms with van der Waals surface area (Å²) < 4.78 is 5.31. The third kappa shape index (κ3) is 3.33. The van der Waals surface area contributed by atoms with E-state index in [1.165, 1.54) is 6.07 Å². The molecule has 7 nitrogen and oxygen atoms in total. The van der Waals surface area contributed by atoms with Crippen LogP contribution in [0.25, 0.3) is 0 Å². The van der Waals surface area contributed by atoms with Crippen LogP contribution in [-0.2, 0) is 6.54 Å². The van der Waals surface area contributed by atoms with Gasteiger partial charge in [0.15, 0.2) is 0 Å². The Morgan fingerprint density at radius 1 is 1.39 bits per heavy atom. The number of amides is 2. The number of furan rings is 1. The third-order valence-electron chi connectivity index (χ3n) is 3.90. The molecule has 1 N–H and O–H groups in total. The fraction of sp³-hybridized carbons (Fsp3) is 0.312. The second-order valence-electron chi connectivity index (χ2n) is 5.58. The molecule has 1 aliphatic rings. The molecule has 0 unspecified atom stereocenters. The molecule has 1 heterocycles. The Kier molecular flexibility index (Phi) is 4.01. The predicted octanol–water partition coefficient (Wildman–Crippen LogP) is 3.69. The molecule has 0 spiro atoms. The molecule has 1 fully saturated rings. The Labute approximate surface area is 133 Å². The Morgan fingerprint density at radius 3 is 2.78 bits per heavy atom. The Morgan fingerprint density at radius 2 is 2.17 bits per heavy atom. The molecule has 1 aliphatic carbocycles. The van der Waals surface area contributed by atoms with Crippen molar-refractivity contribution in [2.75, 3.05) is 5.32 Å². The maximum absolute atomic E-state index is 12.6. The van der Waals surface area contributed by atoms with Gasteiger partial charge in [0.05, 0.1) is 29.0 Å². The molecule has 0 saturated heterocycles. The van der Waals surface area contributed by atoms with E-state index in [2.05, 4.69) is 5.32 Å². The lowest BCUT2D eigenvalue weighted by Crippen LogP contribution is -2.36. The molecule has 0 bridgehead atoms. The first-order valence-electron chi connectivity index (χ1n) is 7.40. The van der Waals surface area contributed by atoms with Gasteiger partial charge in [0.1, 0.15) is 5.76 Å². The smallest absolute Gasteiger partial charge is 0.322 e. The Bertz CT molecular complexity index is 723. The number of urea groups is 1. The van der Waals surface area contributed by atoms with Gasteiger partial charge in [-0.2, -0.15) is 0 Å². The van der Waals surface area contributed by atoms with E-state index in [1.807, 2.05) is 6.07 Å². The van der Waals surface area contributed by atoms with Crippen molar-refractivity contribution in [3.63, 3.8) is 0 Å². The first-order chi connectivity index (χ1) is 11.1. The molecule has 0 atom stereocenters. The standard InChI is InChI=1S/C16H17N3O4/c1-11-14(5-2-6-15(11)19(21)22)17-16(20)18(12-7-8-12)10-13-4-3-9-23-13/h2-6,9,12H,7-8,10H2,1H3,(H,17,20).